The molecular weight excluding hydrogens is 294 g/mol. The summed E-state index contributed by atoms with van der Waals surface area (Å²) in [6, 6.07) is 3.14. The first-order valence-corrected chi connectivity index (χ1v) is 6.75. The molecule has 0 unspecified atom stereocenters. The minimum atomic E-state index is -1.59. The van der Waals surface area contributed by atoms with Gasteiger partial charge >= 0.3 is 0 Å². The summed E-state index contributed by atoms with van der Waals surface area (Å²) in [6.07, 6.45) is 3.05. The van der Waals surface area contributed by atoms with E-state index in [1.807, 2.05) is 0 Å². The number of hydrogen-bond donors (Lipinski definition) is 3. The summed E-state index contributed by atoms with van der Waals surface area (Å²) in [5.74, 6) is -1.49. The molecule has 0 aromatic heterocycles. The first-order chi connectivity index (χ1) is 10.6. The number of β-amino-alcohol motifs (C(OH)–C–C–N with tert-alkyl or cyclic N) is 1. The van der Waals surface area contributed by atoms with Crippen molar-refractivity contribution in [1.29, 1.82) is 0 Å². The highest BCUT2D eigenvalue weighted by Crippen LogP contribution is 2.26. The number of rotatable bonds is 5. The maximum atomic E-state index is 14.1. The highest BCUT2D eigenvalue weighted by atomic mass is 19.1. The van der Waals surface area contributed by atoms with Gasteiger partial charge < -0.3 is 5.11 Å². The zero-order chi connectivity index (χ0) is 15.6. The van der Waals surface area contributed by atoms with E-state index in [0.29, 0.717) is 13.3 Å². The topological polar surface area (TPSA) is 75.5 Å². The van der Waals surface area contributed by atoms with E-state index in [1.54, 1.807) is 10.0 Å². The Morgan fingerprint density at radius 3 is 2.14 bits per heavy atom. The number of aliphatic imine (C=N–C) groups is 2. The molecule has 3 rings (SSSR count). The summed E-state index contributed by atoms with van der Waals surface area (Å²) >= 11 is 0. The molecule has 3 N–H and O–H groups in total. The summed E-state index contributed by atoms with van der Waals surface area (Å²) in [5.41, 5.74) is 4.26. The fourth-order valence-corrected chi connectivity index (χ4v) is 2.47. The molecule has 9 heteroatoms. The van der Waals surface area contributed by atoms with Crippen molar-refractivity contribution in [3.05, 3.63) is 35.4 Å². The van der Waals surface area contributed by atoms with E-state index in [1.165, 1.54) is 18.7 Å². The number of benzene rings is 1. The highest BCUT2D eigenvalue weighted by Gasteiger charge is 2.37. The van der Waals surface area contributed by atoms with Gasteiger partial charge in [0.15, 0.2) is 0 Å². The van der Waals surface area contributed by atoms with Crippen molar-refractivity contribution in [3.63, 3.8) is 0 Å². The standard InChI is InChI=1S/C13H16F2N6O/c14-10-1-2-11(12(15)3-10)13(22,4-20-8-16-6-18-20)5-21-9-17-7-19-21/h1-3,8-9,18-19,22H,4-7H2. The van der Waals surface area contributed by atoms with Gasteiger partial charge in [-0.2, -0.15) is 0 Å². The molecule has 0 radical (unpaired) electrons. The molecule has 0 atom stereocenters. The van der Waals surface area contributed by atoms with Crippen molar-refractivity contribution >= 4 is 12.7 Å². The number of aliphatic hydroxyl groups is 1. The van der Waals surface area contributed by atoms with Crippen molar-refractivity contribution in [1.82, 2.24) is 20.9 Å². The van der Waals surface area contributed by atoms with Gasteiger partial charge in [0.1, 0.15) is 43.2 Å². The maximum Gasteiger partial charge on any atom is 0.132 e. The predicted octanol–water partition coefficient (Wildman–Crippen LogP) is -0.236. The fourth-order valence-electron chi connectivity index (χ4n) is 2.47. The van der Waals surface area contributed by atoms with Crippen LogP contribution in [0.2, 0.25) is 0 Å². The molecule has 0 saturated carbocycles. The average Bonchev–Trinajstić information content (AvgIpc) is 3.12. The zero-order valence-electron chi connectivity index (χ0n) is 11.7. The van der Waals surface area contributed by atoms with E-state index in [9.17, 15) is 13.9 Å². The molecule has 7 nitrogen and oxygen atoms in total. The van der Waals surface area contributed by atoms with Crippen LogP contribution in [0.1, 0.15) is 5.56 Å². The lowest BCUT2D eigenvalue weighted by Crippen LogP contribution is -2.52. The Labute approximate surface area is 125 Å². The summed E-state index contributed by atoms with van der Waals surface area (Å²) in [5, 5.41) is 14.2. The maximum absolute atomic E-state index is 14.1. The second-order valence-corrected chi connectivity index (χ2v) is 5.14. The van der Waals surface area contributed by atoms with Crippen LogP contribution in [-0.4, -0.2) is 54.2 Å². The molecule has 22 heavy (non-hydrogen) atoms. The SMILES string of the molecule is OC(CN1C=NCN1)(CN1C=NCN1)c1ccc(F)cc1F. The normalized spacial score (nSPS) is 17.8. The molecule has 2 aliphatic heterocycles. The molecule has 0 fully saturated rings. The van der Waals surface area contributed by atoms with Crippen LogP contribution in [-0.2, 0) is 5.60 Å². The van der Waals surface area contributed by atoms with Gasteiger partial charge in [-0.3, -0.25) is 20.0 Å². The molecule has 0 aliphatic carbocycles. The predicted molar refractivity (Wildman–Crippen MR) is 76.7 cm³/mol. The van der Waals surface area contributed by atoms with Crippen molar-refractivity contribution < 1.29 is 13.9 Å². The second-order valence-electron chi connectivity index (χ2n) is 5.14. The summed E-state index contributed by atoms with van der Waals surface area (Å²) in [7, 11) is 0. The summed E-state index contributed by atoms with van der Waals surface area (Å²) in [4.78, 5) is 7.96. The summed E-state index contributed by atoms with van der Waals surface area (Å²) in [6.45, 7) is 0.882. The molecule has 118 valence electrons. The van der Waals surface area contributed by atoms with Gasteiger partial charge in [0, 0.05) is 11.6 Å². The van der Waals surface area contributed by atoms with Crippen LogP contribution in [0.4, 0.5) is 8.78 Å². The van der Waals surface area contributed by atoms with Crippen LogP contribution < -0.4 is 10.9 Å². The lowest BCUT2D eigenvalue weighted by Gasteiger charge is -2.35. The van der Waals surface area contributed by atoms with Crippen LogP contribution in [0.15, 0.2) is 28.2 Å². The zero-order valence-corrected chi connectivity index (χ0v) is 11.7. The van der Waals surface area contributed by atoms with Crippen molar-refractivity contribution in [2.24, 2.45) is 9.98 Å². The van der Waals surface area contributed by atoms with E-state index < -0.39 is 17.2 Å². The molecule has 2 heterocycles. The van der Waals surface area contributed by atoms with Gasteiger partial charge in [0.2, 0.25) is 0 Å². The van der Waals surface area contributed by atoms with E-state index in [4.69, 9.17) is 0 Å². The fraction of sp³-hybridized carbons (Fsp3) is 0.385. The van der Waals surface area contributed by atoms with Crippen LogP contribution in [0.25, 0.3) is 0 Å². The minimum Gasteiger partial charge on any atom is -0.381 e. The molecule has 0 amide bonds. The molecule has 0 saturated heterocycles. The molecule has 0 spiro atoms. The van der Waals surface area contributed by atoms with Crippen molar-refractivity contribution in [3.8, 4) is 0 Å². The van der Waals surface area contributed by atoms with Crippen LogP contribution in [0.3, 0.4) is 0 Å². The number of hydrazine groups is 2. The van der Waals surface area contributed by atoms with Gasteiger partial charge in [-0.25, -0.2) is 19.6 Å². The first kappa shape index (κ1) is 14.8. The van der Waals surface area contributed by atoms with Gasteiger partial charge in [-0.05, 0) is 6.07 Å². The van der Waals surface area contributed by atoms with Gasteiger partial charge in [-0.1, -0.05) is 6.07 Å². The lowest BCUT2D eigenvalue weighted by atomic mass is 9.92. The van der Waals surface area contributed by atoms with Gasteiger partial charge in [-0.15, -0.1) is 0 Å². The number of nitrogens with zero attached hydrogens (tertiary/aromatic N) is 4. The molecule has 0 bridgehead atoms. The van der Waals surface area contributed by atoms with Gasteiger partial charge in [0.25, 0.3) is 0 Å². The first-order valence-electron chi connectivity index (χ1n) is 6.75. The molecule has 2 aliphatic rings. The second kappa shape index (κ2) is 5.95. The van der Waals surface area contributed by atoms with Crippen LogP contribution in [0.5, 0.6) is 0 Å². The largest absolute Gasteiger partial charge is 0.381 e. The molecule has 1 aromatic carbocycles. The average molecular weight is 310 g/mol. The Morgan fingerprint density at radius 1 is 1.09 bits per heavy atom. The van der Waals surface area contributed by atoms with E-state index in [-0.39, 0.29) is 18.7 Å². The number of nitrogens with one attached hydrogen (secondary N) is 2. The third kappa shape index (κ3) is 3.06. The molecule has 1 aromatic rings. The monoisotopic (exact) mass is 310 g/mol. The van der Waals surface area contributed by atoms with E-state index in [2.05, 4.69) is 20.8 Å². The lowest BCUT2D eigenvalue weighted by molar-refractivity contribution is -0.0158. The Kier molecular flexibility index (Phi) is 4.01. The van der Waals surface area contributed by atoms with Crippen LogP contribution >= 0.6 is 0 Å². The smallest absolute Gasteiger partial charge is 0.132 e. The van der Waals surface area contributed by atoms with Crippen LogP contribution in [0, 0.1) is 11.6 Å². The third-order valence-electron chi connectivity index (χ3n) is 3.47. The number of halogens is 2. The summed E-state index contributed by atoms with van der Waals surface area (Å²) < 4.78 is 27.3. The quantitative estimate of drug-likeness (QED) is 0.700. The minimum absolute atomic E-state index is 0.0121. The number of hydrogen-bond acceptors (Lipinski definition) is 7. The Morgan fingerprint density at radius 2 is 1.68 bits per heavy atom. The Bertz CT molecular complexity index is 584. The third-order valence-corrected chi connectivity index (χ3v) is 3.47. The highest BCUT2D eigenvalue weighted by molar-refractivity contribution is 5.57. The Balaban J connectivity index is 1.89. The van der Waals surface area contributed by atoms with Gasteiger partial charge in [0.05, 0.1) is 13.1 Å². The van der Waals surface area contributed by atoms with E-state index >= 15 is 0 Å². The van der Waals surface area contributed by atoms with Crippen molar-refractivity contribution in [2.45, 2.75) is 5.60 Å². The Hall–Kier alpha value is -2.10. The van der Waals surface area contributed by atoms with Crippen molar-refractivity contribution in [2.75, 3.05) is 26.4 Å². The molecular formula is C13H16F2N6O. The van der Waals surface area contributed by atoms with E-state index in [0.717, 1.165) is 12.1 Å².